The number of rotatable bonds is 8. The monoisotopic (exact) mass is 455 g/mol. The van der Waals surface area contributed by atoms with E-state index in [0.717, 1.165) is 32.2 Å². The van der Waals surface area contributed by atoms with E-state index in [-0.39, 0.29) is 21.4 Å². The van der Waals surface area contributed by atoms with Gasteiger partial charge in [0.2, 0.25) is 10.0 Å². The molecular weight excluding hydrogens is 422 g/mol. The van der Waals surface area contributed by atoms with E-state index >= 15 is 0 Å². The van der Waals surface area contributed by atoms with Crippen molar-refractivity contribution >= 4 is 27.5 Å². The van der Waals surface area contributed by atoms with Crippen molar-refractivity contribution in [3.05, 3.63) is 28.8 Å². The van der Waals surface area contributed by atoms with Crippen LogP contribution in [0.5, 0.6) is 0 Å². The number of carbonyl (C=O) groups excluding carboxylic acids is 1. The van der Waals surface area contributed by atoms with Crippen LogP contribution in [0.4, 0.5) is 0 Å². The lowest BCUT2D eigenvalue weighted by atomic mass is 9.94. The average Bonchev–Trinajstić information content (AvgIpc) is 2.77. The predicted molar refractivity (Wildman–Crippen MR) is 121 cm³/mol. The van der Waals surface area contributed by atoms with Gasteiger partial charge in [-0.15, -0.1) is 0 Å². The molecular formula is C22H34ClN3O3S. The van der Waals surface area contributed by atoms with E-state index in [0.29, 0.717) is 25.7 Å². The molecule has 2 aliphatic rings. The van der Waals surface area contributed by atoms with Crippen LogP contribution in [0, 0.1) is 0 Å². The van der Waals surface area contributed by atoms with Crippen LogP contribution in [0.25, 0.3) is 0 Å². The smallest absolute Gasteiger partial charge is 0.252 e. The first kappa shape index (κ1) is 23.5. The minimum absolute atomic E-state index is 0.135. The molecule has 0 aromatic heterocycles. The highest BCUT2D eigenvalue weighted by Gasteiger charge is 2.27. The molecule has 0 spiro atoms. The summed E-state index contributed by atoms with van der Waals surface area (Å²) in [6.07, 6.45) is 10.1. The third-order valence-electron chi connectivity index (χ3n) is 6.31. The molecule has 0 radical (unpaired) electrons. The first-order chi connectivity index (χ1) is 14.4. The van der Waals surface area contributed by atoms with Crippen LogP contribution >= 0.6 is 11.6 Å². The van der Waals surface area contributed by atoms with Gasteiger partial charge in [-0.2, -0.15) is 4.31 Å². The molecule has 1 aliphatic heterocycles. The Kier molecular flexibility index (Phi) is 8.57. The van der Waals surface area contributed by atoms with Crippen LogP contribution in [0.1, 0.15) is 68.1 Å². The van der Waals surface area contributed by atoms with Crippen LogP contribution in [0.2, 0.25) is 5.02 Å². The van der Waals surface area contributed by atoms with E-state index in [1.807, 2.05) is 0 Å². The lowest BCUT2D eigenvalue weighted by molar-refractivity contribution is 0.0950. The zero-order chi connectivity index (χ0) is 21.6. The molecule has 1 aliphatic carbocycles. The summed E-state index contributed by atoms with van der Waals surface area (Å²) in [5.74, 6) is -0.323. The number of amides is 1. The highest BCUT2D eigenvalue weighted by molar-refractivity contribution is 7.89. The Bertz CT molecular complexity index is 819. The van der Waals surface area contributed by atoms with Crippen LogP contribution in [-0.4, -0.2) is 62.8 Å². The van der Waals surface area contributed by atoms with Gasteiger partial charge >= 0.3 is 0 Å². The van der Waals surface area contributed by atoms with Gasteiger partial charge in [-0.3, -0.25) is 4.79 Å². The molecule has 0 unspecified atom stereocenters. The van der Waals surface area contributed by atoms with Crippen molar-refractivity contribution in [2.24, 2.45) is 0 Å². The summed E-state index contributed by atoms with van der Waals surface area (Å²) in [7, 11) is -1.44. The number of nitrogens with zero attached hydrogens (tertiary/aromatic N) is 2. The van der Waals surface area contributed by atoms with Crippen molar-refractivity contribution in [3.63, 3.8) is 0 Å². The van der Waals surface area contributed by atoms with E-state index in [9.17, 15) is 13.2 Å². The zero-order valence-corrected chi connectivity index (χ0v) is 19.5. The quantitative estimate of drug-likeness (QED) is 0.603. The van der Waals surface area contributed by atoms with Gasteiger partial charge in [0.25, 0.3) is 5.91 Å². The van der Waals surface area contributed by atoms with Gasteiger partial charge < -0.3 is 10.2 Å². The number of halogens is 1. The maximum atomic E-state index is 12.9. The molecule has 0 atom stereocenters. The summed E-state index contributed by atoms with van der Waals surface area (Å²) in [5.41, 5.74) is 0.218. The van der Waals surface area contributed by atoms with Crippen molar-refractivity contribution in [2.45, 2.75) is 68.7 Å². The molecule has 8 heteroatoms. The second-order valence-electron chi connectivity index (χ2n) is 8.49. The van der Waals surface area contributed by atoms with Crippen LogP contribution in [0.15, 0.2) is 23.1 Å². The molecule has 1 saturated heterocycles. The van der Waals surface area contributed by atoms with E-state index < -0.39 is 10.0 Å². The van der Waals surface area contributed by atoms with E-state index in [4.69, 9.17) is 11.6 Å². The van der Waals surface area contributed by atoms with E-state index in [1.54, 1.807) is 0 Å². The number of hydrogen-bond acceptors (Lipinski definition) is 4. The van der Waals surface area contributed by atoms with Gasteiger partial charge in [0, 0.05) is 25.7 Å². The number of nitrogens with one attached hydrogen (secondary N) is 1. The Morgan fingerprint density at radius 2 is 1.80 bits per heavy atom. The maximum Gasteiger partial charge on any atom is 0.252 e. The Morgan fingerprint density at radius 1 is 1.13 bits per heavy atom. The summed E-state index contributed by atoms with van der Waals surface area (Å²) in [6, 6.07) is 5.06. The highest BCUT2D eigenvalue weighted by atomic mass is 35.5. The van der Waals surface area contributed by atoms with Gasteiger partial charge in [0.1, 0.15) is 0 Å². The zero-order valence-electron chi connectivity index (χ0n) is 17.9. The molecule has 0 bridgehead atoms. The molecule has 168 valence electrons. The molecule has 30 heavy (non-hydrogen) atoms. The fourth-order valence-electron chi connectivity index (χ4n) is 4.42. The van der Waals surface area contributed by atoms with Crippen LogP contribution in [-0.2, 0) is 10.0 Å². The third kappa shape index (κ3) is 5.96. The normalized spacial score (nSPS) is 19.2. The second kappa shape index (κ2) is 10.9. The predicted octanol–water partition coefficient (Wildman–Crippen LogP) is 3.90. The fourth-order valence-corrected chi connectivity index (χ4v) is 6.17. The number of piperidine rings is 1. The standard InChI is InChI=1S/C22H34ClN3O3S/c1-25(18-9-4-2-5-10-18)14-8-13-24-22(27)20-17-19(11-12-21(20)23)30(28,29)26-15-6-3-7-16-26/h11-12,17-18H,2-10,13-16H2,1H3,(H,24,27). The van der Waals surface area contributed by atoms with Crippen molar-refractivity contribution in [3.8, 4) is 0 Å². The molecule has 1 aromatic rings. The van der Waals surface area contributed by atoms with E-state index in [2.05, 4.69) is 17.3 Å². The summed E-state index contributed by atoms with van der Waals surface area (Å²) in [4.78, 5) is 15.2. The fraction of sp³-hybridized carbons (Fsp3) is 0.682. The SMILES string of the molecule is CN(CCCNC(=O)c1cc(S(=O)(=O)N2CCCCC2)ccc1Cl)C1CCCCC1. The van der Waals surface area contributed by atoms with Gasteiger partial charge in [-0.25, -0.2) is 8.42 Å². The molecule has 6 nitrogen and oxygen atoms in total. The van der Waals surface area contributed by atoms with Gasteiger partial charge in [-0.1, -0.05) is 37.3 Å². The van der Waals surface area contributed by atoms with Crippen molar-refractivity contribution in [1.29, 1.82) is 0 Å². The second-order valence-corrected chi connectivity index (χ2v) is 10.8. The molecule has 2 fully saturated rings. The Balaban J connectivity index is 1.55. The largest absolute Gasteiger partial charge is 0.352 e. The molecule has 1 amide bonds. The van der Waals surface area contributed by atoms with Gasteiger partial charge in [0.15, 0.2) is 0 Å². The van der Waals surface area contributed by atoms with Crippen molar-refractivity contribution in [2.75, 3.05) is 33.2 Å². The Hall–Kier alpha value is -1.15. The summed E-state index contributed by atoms with van der Waals surface area (Å²) >= 11 is 6.21. The van der Waals surface area contributed by atoms with Crippen LogP contribution < -0.4 is 5.32 Å². The molecule has 1 saturated carbocycles. The third-order valence-corrected chi connectivity index (χ3v) is 8.53. The lowest BCUT2D eigenvalue weighted by Crippen LogP contribution is -2.36. The summed E-state index contributed by atoms with van der Waals surface area (Å²) in [5, 5.41) is 3.17. The van der Waals surface area contributed by atoms with Crippen LogP contribution in [0.3, 0.4) is 0 Å². The van der Waals surface area contributed by atoms with Crippen molar-refractivity contribution in [1.82, 2.24) is 14.5 Å². The maximum absolute atomic E-state index is 12.9. The van der Waals surface area contributed by atoms with Gasteiger partial charge in [-0.05, 0) is 63.9 Å². The highest BCUT2D eigenvalue weighted by Crippen LogP contribution is 2.25. The lowest BCUT2D eigenvalue weighted by Gasteiger charge is -2.31. The number of hydrogen-bond donors (Lipinski definition) is 1. The summed E-state index contributed by atoms with van der Waals surface area (Å²) < 4.78 is 27.3. The first-order valence-corrected chi connectivity index (χ1v) is 13.0. The Labute approximate surface area is 186 Å². The number of carbonyl (C=O) groups is 1. The molecule has 1 aromatic carbocycles. The number of sulfonamides is 1. The number of benzene rings is 1. The molecule has 1 N–H and O–H groups in total. The molecule has 3 rings (SSSR count). The first-order valence-electron chi connectivity index (χ1n) is 11.2. The summed E-state index contributed by atoms with van der Waals surface area (Å²) in [6.45, 7) is 2.53. The minimum atomic E-state index is -3.60. The van der Waals surface area contributed by atoms with E-state index in [1.165, 1.54) is 54.6 Å². The Morgan fingerprint density at radius 3 is 2.50 bits per heavy atom. The van der Waals surface area contributed by atoms with Crippen molar-refractivity contribution < 1.29 is 13.2 Å². The van der Waals surface area contributed by atoms with Gasteiger partial charge in [0.05, 0.1) is 15.5 Å². The topological polar surface area (TPSA) is 69.7 Å². The molecule has 1 heterocycles. The average molecular weight is 456 g/mol. The minimum Gasteiger partial charge on any atom is -0.352 e.